The van der Waals surface area contributed by atoms with Crippen LogP contribution in [0.2, 0.25) is 5.28 Å². The molecule has 7 heteroatoms. The van der Waals surface area contributed by atoms with Gasteiger partial charge in [-0.25, -0.2) is 9.97 Å². The number of rotatable bonds is 3. The summed E-state index contributed by atoms with van der Waals surface area (Å²) in [5.74, 6) is 0.732. The minimum absolute atomic E-state index is 0.239. The van der Waals surface area contributed by atoms with E-state index >= 15 is 0 Å². The van der Waals surface area contributed by atoms with Gasteiger partial charge >= 0.3 is 7.12 Å². The Bertz CT molecular complexity index is 560. The van der Waals surface area contributed by atoms with Crippen LogP contribution >= 0.6 is 11.6 Å². The predicted molar refractivity (Wildman–Crippen MR) is 93.3 cm³/mol. The van der Waals surface area contributed by atoms with Crippen molar-refractivity contribution in [1.82, 2.24) is 9.97 Å². The molecule has 23 heavy (non-hydrogen) atoms. The van der Waals surface area contributed by atoms with Crippen LogP contribution in [0, 0.1) is 0 Å². The molecular formula is C16H25BClN3O2. The van der Waals surface area contributed by atoms with Crippen LogP contribution in [-0.4, -0.2) is 34.3 Å². The number of anilines is 1. The molecule has 0 unspecified atom stereocenters. The van der Waals surface area contributed by atoms with E-state index in [1.807, 2.05) is 27.7 Å². The van der Waals surface area contributed by atoms with Gasteiger partial charge in [0, 0.05) is 17.7 Å². The third kappa shape index (κ3) is 3.49. The number of nitrogens with zero attached hydrogens (tertiary/aromatic N) is 2. The molecular weight excluding hydrogens is 312 g/mol. The summed E-state index contributed by atoms with van der Waals surface area (Å²) in [7, 11) is -0.483. The molecule has 5 nitrogen and oxygen atoms in total. The van der Waals surface area contributed by atoms with Crippen LogP contribution in [0.4, 0.5) is 5.82 Å². The van der Waals surface area contributed by atoms with Crippen molar-refractivity contribution in [3.8, 4) is 0 Å². The van der Waals surface area contributed by atoms with E-state index in [0.717, 1.165) is 24.1 Å². The molecule has 0 radical (unpaired) electrons. The first-order chi connectivity index (χ1) is 10.8. The maximum Gasteiger partial charge on any atom is 0.500 e. The summed E-state index contributed by atoms with van der Waals surface area (Å²) in [6.07, 6.45) is 7.84. The second kappa shape index (κ2) is 6.23. The first-order valence-corrected chi connectivity index (χ1v) is 8.81. The molecule has 1 N–H and O–H groups in total. The van der Waals surface area contributed by atoms with Crippen LogP contribution in [0.5, 0.6) is 0 Å². The van der Waals surface area contributed by atoms with Gasteiger partial charge in [0.15, 0.2) is 0 Å². The summed E-state index contributed by atoms with van der Waals surface area (Å²) in [4.78, 5) is 8.52. The van der Waals surface area contributed by atoms with E-state index in [9.17, 15) is 0 Å². The molecule has 1 aromatic heterocycles. The third-order valence-corrected chi connectivity index (χ3v) is 5.42. The van der Waals surface area contributed by atoms with Gasteiger partial charge < -0.3 is 14.6 Å². The average Bonchev–Trinajstić information content (AvgIpc) is 2.68. The Hall–Kier alpha value is -0.845. The lowest BCUT2D eigenvalue weighted by Crippen LogP contribution is -2.41. The summed E-state index contributed by atoms with van der Waals surface area (Å²) in [6.45, 7) is 8.16. The Morgan fingerprint density at radius 1 is 1.13 bits per heavy atom. The van der Waals surface area contributed by atoms with Crippen LogP contribution in [0.3, 0.4) is 0 Å². The fraction of sp³-hybridized carbons (Fsp3) is 0.750. The topological polar surface area (TPSA) is 56.3 Å². The minimum Gasteiger partial charge on any atom is -0.399 e. The molecule has 0 atom stereocenters. The Morgan fingerprint density at radius 2 is 1.74 bits per heavy atom. The van der Waals surface area contributed by atoms with Crippen LogP contribution < -0.4 is 10.8 Å². The average molecular weight is 338 g/mol. The van der Waals surface area contributed by atoms with E-state index in [2.05, 4.69) is 15.3 Å². The summed E-state index contributed by atoms with van der Waals surface area (Å²) in [6, 6.07) is 0.427. The first kappa shape index (κ1) is 17.0. The van der Waals surface area contributed by atoms with E-state index in [1.54, 1.807) is 6.20 Å². The van der Waals surface area contributed by atoms with Gasteiger partial charge in [-0.3, -0.25) is 0 Å². The van der Waals surface area contributed by atoms with Gasteiger partial charge in [0.05, 0.1) is 11.2 Å². The summed E-state index contributed by atoms with van der Waals surface area (Å²) in [5.41, 5.74) is 0.0392. The second-order valence-electron chi connectivity index (χ2n) is 7.51. The fourth-order valence-corrected chi connectivity index (χ4v) is 3.20. The molecule has 0 amide bonds. The molecule has 0 aromatic carbocycles. The zero-order valence-electron chi connectivity index (χ0n) is 14.4. The Morgan fingerprint density at radius 3 is 2.35 bits per heavy atom. The normalized spacial score (nSPS) is 24.0. The van der Waals surface area contributed by atoms with Crippen molar-refractivity contribution in [2.45, 2.75) is 77.0 Å². The van der Waals surface area contributed by atoms with E-state index in [1.165, 1.54) is 19.3 Å². The van der Waals surface area contributed by atoms with Gasteiger partial charge in [-0.1, -0.05) is 19.3 Å². The summed E-state index contributed by atoms with van der Waals surface area (Å²) < 4.78 is 12.3. The Labute approximate surface area is 143 Å². The lowest BCUT2D eigenvalue weighted by Gasteiger charge is -2.32. The Kier molecular flexibility index (Phi) is 4.60. The van der Waals surface area contributed by atoms with Crippen molar-refractivity contribution in [2.75, 3.05) is 5.32 Å². The zero-order chi connectivity index (χ0) is 16.7. The largest absolute Gasteiger partial charge is 0.500 e. The van der Waals surface area contributed by atoms with Crippen LogP contribution in [0.1, 0.15) is 59.8 Å². The van der Waals surface area contributed by atoms with E-state index in [4.69, 9.17) is 20.9 Å². The molecule has 0 spiro atoms. The predicted octanol–water partition coefficient (Wildman–Crippen LogP) is 3.17. The highest BCUT2D eigenvalue weighted by Crippen LogP contribution is 2.37. The lowest BCUT2D eigenvalue weighted by molar-refractivity contribution is 0.00578. The second-order valence-corrected chi connectivity index (χ2v) is 7.85. The molecule has 0 bridgehead atoms. The highest BCUT2D eigenvalue weighted by atomic mass is 35.5. The zero-order valence-corrected chi connectivity index (χ0v) is 15.1. The minimum atomic E-state index is -0.483. The molecule has 1 aromatic rings. The molecule has 1 saturated carbocycles. The van der Waals surface area contributed by atoms with Crippen LogP contribution in [0.25, 0.3) is 0 Å². The first-order valence-electron chi connectivity index (χ1n) is 8.43. The number of hydrogen-bond acceptors (Lipinski definition) is 5. The van der Waals surface area contributed by atoms with Gasteiger partial charge in [-0.2, -0.15) is 0 Å². The molecule has 2 heterocycles. The van der Waals surface area contributed by atoms with Crippen molar-refractivity contribution in [3.63, 3.8) is 0 Å². The molecule has 2 aliphatic rings. The highest BCUT2D eigenvalue weighted by Gasteiger charge is 2.52. The van der Waals surface area contributed by atoms with Crippen LogP contribution in [0.15, 0.2) is 6.20 Å². The van der Waals surface area contributed by atoms with Crippen molar-refractivity contribution in [1.29, 1.82) is 0 Å². The standard InChI is InChI=1S/C16H25BClN3O2/c1-15(2)16(3,4)23-17(22-15)12-10-19-14(18)21-13(12)20-11-8-6-5-7-9-11/h10-11H,5-9H2,1-4H3,(H,19,20,21). The third-order valence-electron chi connectivity index (χ3n) is 5.24. The van der Waals surface area contributed by atoms with Gasteiger partial charge in [-0.05, 0) is 52.1 Å². The SMILES string of the molecule is CC1(C)OB(c2cnc(Cl)nc2NC2CCCCC2)OC1(C)C. The van der Waals surface area contributed by atoms with Gasteiger partial charge in [0.25, 0.3) is 0 Å². The van der Waals surface area contributed by atoms with Crippen LogP contribution in [-0.2, 0) is 9.31 Å². The number of hydrogen-bond donors (Lipinski definition) is 1. The maximum absolute atomic E-state index is 6.13. The molecule has 1 saturated heterocycles. The Balaban J connectivity index is 1.85. The quantitative estimate of drug-likeness (QED) is 0.678. The summed E-state index contributed by atoms with van der Waals surface area (Å²) in [5, 5.41) is 3.77. The molecule has 126 valence electrons. The van der Waals surface area contributed by atoms with E-state index in [-0.39, 0.29) is 16.5 Å². The summed E-state index contributed by atoms with van der Waals surface area (Å²) >= 11 is 6.01. The molecule has 1 aliphatic heterocycles. The number of halogens is 1. The smallest absolute Gasteiger partial charge is 0.399 e. The highest BCUT2D eigenvalue weighted by molar-refractivity contribution is 6.63. The van der Waals surface area contributed by atoms with Gasteiger partial charge in [0.2, 0.25) is 5.28 Å². The monoisotopic (exact) mass is 337 g/mol. The van der Waals surface area contributed by atoms with Crippen molar-refractivity contribution in [3.05, 3.63) is 11.5 Å². The lowest BCUT2D eigenvalue weighted by atomic mass is 9.80. The molecule has 3 rings (SSSR count). The fourth-order valence-electron chi connectivity index (χ4n) is 3.07. The molecule has 1 aliphatic carbocycles. The number of aromatic nitrogens is 2. The molecule has 2 fully saturated rings. The van der Waals surface area contributed by atoms with E-state index < -0.39 is 7.12 Å². The maximum atomic E-state index is 6.13. The van der Waals surface area contributed by atoms with Crippen molar-refractivity contribution >= 4 is 30.0 Å². The van der Waals surface area contributed by atoms with Gasteiger partial charge in [0.1, 0.15) is 5.82 Å². The van der Waals surface area contributed by atoms with Gasteiger partial charge in [-0.15, -0.1) is 0 Å². The van der Waals surface area contributed by atoms with Crippen molar-refractivity contribution < 1.29 is 9.31 Å². The van der Waals surface area contributed by atoms with E-state index in [0.29, 0.717) is 6.04 Å². The van der Waals surface area contributed by atoms with Crippen molar-refractivity contribution in [2.24, 2.45) is 0 Å². The number of nitrogens with one attached hydrogen (secondary N) is 1.